The number of likely N-dealkylation sites (tertiary alicyclic amines) is 1. The highest BCUT2D eigenvalue weighted by atomic mass is 35.5. The molecule has 0 saturated carbocycles. The van der Waals surface area contributed by atoms with Gasteiger partial charge in [-0.2, -0.15) is 0 Å². The number of rotatable bonds is 2. The van der Waals surface area contributed by atoms with Crippen LogP contribution in [0.15, 0.2) is 18.2 Å². The summed E-state index contributed by atoms with van der Waals surface area (Å²) in [5, 5.41) is 5.16. The summed E-state index contributed by atoms with van der Waals surface area (Å²) in [6, 6.07) is 5.13. The zero-order valence-corrected chi connectivity index (χ0v) is 15.7. The maximum Gasteiger partial charge on any atom is 0.291 e. The fourth-order valence-electron chi connectivity index (χ4n) is 5.36. The topological polar surface area (TPSA) is 92.3 Å². The molecule has 5 atom stereocenters. The summed E-state index contributed by atoms with van der Waals surface area (Å²) < 4.78 is 5.62. The average molecular weight is 391 g/mol. The van der Waals surface area contributed by atoms with Gasteiger partial charge in [0.25, 0.3) is 5.91 Å². The predicted octanol–water partition coefficient (Wildman–Crippen LogP) is 0.233. The first-order valence-corrected chi connectivity index (χ1v) is 9.76. The minimum Gasteiger partial charge on any atom is -0.376 e. The van der Waals surface area contributed by atoms with E-state index in [4.69, 9.17) is 16.3 Å². The average Bonchev–Trinajstić information content (AvgIpc) is 3.36. The third-order valence-corrected chi connectivity index (χ3v) is 6.82. The van der Waals surface area contributed by atoms with Gasteiger partial charge in [0.1, 0.15) is 11.8 Å². The number of carbonyl (C=O) groups is 3. The summed E-state index contributed by atoms with van der Waals surface area (Å²) in [6.07, 6.45) is 1.68. The number of para-hydroxylation sites is 1. The van der Waals surface area contributed by atoms with Crippen molar-refractivity contribution in [3.63, 3.8) is 0 Å². The number of imide groups is 1. The Morgan fingerprint density at radius 3 is 2.89 bits per heavy atom. The Balaban J connectivity index is 1.58. The van der Waals surface area contributed by atoms with Crippen LogP contribution < -0.4 is 10.6 Å². The Labute approximate surface area is 161 Å². The van der Waals surface area contributed by atoms with E-state index in [1.165, 1.54) is 4.90 Å². The molecule has 0 bridgehead atoms. The van der Waals surface area contributed by atoms with Crippen LogP contribution in [0, 0.1) is 11.8 Å². The van der Waals surface area contributed by atoms with E-state index >= 15 is 0 Å². The summed E-state index contributed by atoms with van der Waals surface area (Å²) in [5.41, 5.74) is 0.105. The molecule has 0 aliphatic carbocycles. The van der Waals surface area contributed by atoms with Crippen LogP contribution in [0.1, 0.15) is 25.3 Å². The highest BCUT2D eigenvalue weighted by Gasteiger charge is 2.73. The van der Waals surface area contributed by atoms with Crippen LogP contribution >= 0.6 is 11.6 Å². The second kappa shape index (κ2) is 5.77. The van der Waals surface area contributed by atoms with Crippen LogP contribution in [0.5, 0.6) is 0 Å². The van der Waals surface area contributed by atoms with E-state index in [9.17, 15) is 14.4 Å². The van der Waals surface area contributed by atoms with Crippen molar-refractivity contribution in [2.45, 2.75) is 37.5 Å². The molecule has 4 aliphatic rings. The van der Waals surface area contributed by atoms with E-state index in [1.54, 1.807) is 12.1 Å². The molecule has 7 nitrogen and oxygen atoms in total. The van der Waals surface area contributed by atoms with Gasteiger partial charge in [-0.1, -0.05) is 17.7 Å². The molecule has 1 spiro atoms. The summed E-state index contributed by atoms with van der Waals surface area (Å²) in [7, 11) is 0. The molecule has 142 valence electrons. The fraction of sp³-hybridized carbons (Fsp3) is 0.526. The Hall–Kier alpha value is -1.96. The molecule has 27 heavy (non-hydrogen) atoms. The number of hydrogen-bond acceptors (Lipinski definition) is 4. The van der Waals surface area contributed by atoms with Crippen LogP contribution in [-0.2, 0) is 24.7 Å². The van der Waals surface area contributed by atoms with Crippen LogP contribution in [-0.4, -0.2) is 47.9 Å². The highest BCUT2D eigenvalue weighted by molar-refractivity contribution is 6.35. The lowest BCUT2D eigenvalue weighted by atomic mass is 9.76. The highest BCUT2D eigenvalue weighted by Crippen LogP contribution is 2.50. The van der Waals surface area contributed by atoms with Crippen molar-refractivity contribution in [1.29, 1.82) is 0 Å². The van der Waals surface area contributed by atoms with Gasteiger partial charge in [-0.15, -0.1) is 0 Å². The van der Waals surface area contributed by atoms with E-state index in [0.29, 0.717) is 22.9 Å². The molecule has 0 radical (unpaired) electrons. The van der Waals surface area contributed by atoms with Crippen LogP contribution in [0.4, 0.5) is 5.69 Å². The first-order chi connectivity index (χ1) is 12.9. The molecule has 0 unspecified atom stereocenters. The van der Waals surface area contributed by atoms with E-state index in [1.807, 2.05) is 18.3 Å². The van der Waals surface area contributed by atoms with Gasteiger partial charge < -0.3 is 15.4 Å². The number of nitrogens with zero attached hydrogens (tertiary/aromatic N) is 1. The van der Waals surface area contributed by atoms with Crippen molar-refractivity contribution >= 4 is 35.0 Å². The van der Waals surface area contributed by atoms with Gasteiger partial charge >= 0.3 is 0 Å². The summed E-state index contributed by atoms with van der Waals surface area (Å²) in [5.74, 6) is -1.98. The first-order valence-electron chi connectivity index (χ1n) is 9.38. The molecule has 0 aromatic heterocycles. The minimum atomic E-state index is -1.14. The zero-order chi connectivity index (χ0) is 18.9. The number of halogens is 1. The van der Waals surface area contributed by atoms with Gasteiger partial charge in [0, 0.05) is 12.2 Å². The Morgan fingerprint density at radius 2 is 2.15 bits per heavy atom. The number of quaternary nitrogens is 1. The molecule has 3 saturated heterocycles. The largest absolute Gasteiger partial charge is 0.376 e. The molecule has 3 amide bonds. The molecular weight excluding hydrogens is 370 g/mol. The monoisotopic (exact) mass is 390 g/mol. The van der Waals surface area contributed by atoms with Crippen molar-refractivity contribution in [1.82, 2.24) is 4.90 Å². The fourth-order valence-corrected chi connectivity index (χ4v) is 5.58. The Kier molecular flexibility index (Phi) is 3.67. The summed E-state index contributed by atoms with van der Waals surface area (Å²) in [4.78, 5) is 40.9. The number of amides is 3. The number of anilines is 1. The van der Waals surface area contributed by atoms with Gasteiger partial charge in [0.05, 0.1) is 29.4 Å². The van der Waals surface area contributed by atoms with Gasteiger partial charge in [-0.3, -0.25) is 19.3 Å². The normalized spacial score (nSPS) is 37.3. The number of ether oxygens (including phenoxy) is 1. The van der Waals surface area contributed by atoms with Crippen LogP contribution in [0.2, 0.25) is 5.02 Å². The van der Waals surface area contributed by atoms with Crippen molar-refractivity contribution in [2.75, 3.05) is 18.5 Å². The van der Waals surface area contributed by atoms with E-state index in [-0.39, 0.29) is 36.4 Å². The molecule has 3 N–H and O–H groups in total. The lowest BCUT2D eigenvalue weighted by molar-refractivity contribution is -0.730. The second-order valence-electron chi connectivity index (χ2n) is 7.94. The standard InChI is InChI=1S/C19H20ClN3O4/c1-9-13-14(17(25)23(16(13)24)8-10-4-3-7-27-10)19(22-9)11-5-2-6-12(20)15(11)21-18(19)26/h2,5-6,9-10,13-14,22H,3-4,7-8H2,1H3,(H,21,26)/p+1/t9-,10+,13-,14+,19+/m0/s1. The van der Waals surface area contributed by atoms with Crippen molar-refractivity contribution in [3.05, 3.63) is 28.8 Å². The van der Waals surface area contributed by atoms with Gasteiger partial charge in [-0.05, 0) is 31.9 Å². The molecule has 8 heteroatoms. The minimum absolute atomic E-state index is 0.105. The molecule has 5 rings (SSSR count). The number of benzene rings is 1. The lowest BCUT2D eigenvalue weighted by Crippen LogP contribution is -2.98. The molecule has 4 heterocycles. The van der Waals surface area contributed by atoms with E-state index in [2.05, 4.69) is 5.32 Å². The molecular formula is C19H21ClN3O4+. The zero-order valence-electron chi connectivity index (χ0n) is 14.9. The maximum absolute atomic E-state index is 13.3. The molecule has 1 aromatic rings. The third-order valence-electron chi connectivity index (χ3n) is 6.51. The molecule has 1 aromatic carbocycles. The SMILES string of the molecule is C[C@@H]1[NH2+][C@@]2(C(=O)Nc3c(Cl)cccc32)[C@H]2C(=O)N(C[C@H]3CCCO3)C(=O)[C@@H]12. The number of nitrogens with one attached hydrogen (secondary N) is 1. The molecule has 4 aliphatic heterocycles. The summed E-state index contributed by atoms with van der Waals surface area (Å²) in [6.45, 7) is 2.84. The van der Waals surface area contributed by atoms with Crippen molar-refractivity contribution < 1.29 is 24.4 Å². The van der Waals surface area contributed by atoms with E-state index in [0.717, 1.165) is 12.8 Å². The summed E-state index contributed by atoms with van der Waals surface area (Å²) >= 11 is 6.28. The Bertz CT molecular complexity index is 869. The van der Waals surface area contributed by atoms with Crippen LogP contribution in [0.25, 0.3) is 0 Å². The Morgan fingerprint density at radius 1 is 1.33 bits per heavy atom. The smallest absolute Gasteiger partial charge is 0.291 e. The maximum atomic E-state index is 13.3. The number of fused-ring (bicyclic) bond motifs is 4. The lowest BCUT2D eigenvalue weighted by Gasteiger charge is -2.26. The van der Waals surface area contributed by atoms with Crippen molar-refractivity contribution in [2.24, 2.45) is 11.8 Å². The van der Waals surface area contributed by atoms with Gasteiger partial charge in [0.2, 0.25) is 17.4 Å². The molecule has 3 fully saturated rings. The third kappa shape index (κ3) is 2.13. The van der Waals surface area contributed by atoms with Gasteiger partial charge in [0.15, 0.2) is 0 Å². The van der Waals surface area contributed by atoms with Gasteiger partial charge in [-0.25, -0.2) is 0 Å². The number of hydrogen-bond donors (Lipinski definition) is 2. The number of carbonyl (C=O) groups excluding carboxylic acids is 3. The van der Waals surface area contributed by atoms with Crippen molar-refractivity contribution in [3.8, 4) is 0 Å². The predicted molar refractivity (Wildman–Crippen MR) is 95.8 cm³/mol. The number of nitrogens with two attached hydrogens (primary N) is 1. The van der Waals surface area contributed by atoms with Crippen LogP contribution in [0.3, 0.4) is 0 Å². The second-order valence-corrected chi connectivity index (χ2v) is 8.34. The quantitative estimate of drug-likeness (QED) is 0.707. The van der Waals surface area contributed by atoms with E-state index < -0.39 is 17.4 Å². The first kappa shape index (κ1) is 17.2.